The van der Waals surface area contributed by atoms with Crippen LogP contribution in [0.1, 0.15) is 47.5 Å². The lowest BCUT2D eigenvalue weighted by Gasteiger charge is -2.17. The van der Waals surface area contributed by atoms with Crippen LogP contribution in [0, 0.1) is 11.8 Å². The maximum atomic E-state index is 5.55. The van der Waals surface area contributed by atoms with Gasteiger partial charge in [-0.2, -0.15) is 0 Å². The number of nitrogens with one attached hydrogen (secondary N) is 1. The summed E-state index contributed by atoms with van der Waals surface area (Å²) in [6.45, 7) is 13.9. The second kappa shape index (κ2) is 9.17. The number of hydrogen-bond donors (Lipinski definition) is 1. The van der Waals surface area contributed by atoms with Gasteiger partial charge in [-0.15, -0.1) is 0 Å². The van der Waals surface area contributed by atoms with Crippen molar-refractivity contribution in [1.82, 2.24) is 5.32 Å². The molecule has 0 aromatic heterocycles. The Balaban J connectivity index is 3.11. The Labute approximate surface area is 95.8 Å². The van der Waals surface area contributed by atoms with E-state index in [4.69, 9.17) is 4.74 Å². The number of ether oxygens (including phenoxy) is 1. The predicted molar refractivity (Wildman–Crippen MR) is 67.2 cm³/mol. The highest BCUT2D eigenvalue weighted by Gasteiger charge is 2.04. The molecule has 0 aliphatic carbocycles. The summed E-state index contributed by atoms with van der Waals surface area (Å²) in [5, 5.41) is 3.46. The Bertz CT molecular complexity index is 134. The van der Waals surface area contributed by atoms with E-state index in [9.17, 15) is 0 Å². The summed E-state index contributed by atoms with van der Waals surface area (Å²) in [4.78, 5) is 0. The molecule has 0 bridgehead atoms. The zero-order valence-corrected chi connectivity index (χ0v) is 11.2. The fraction of sp³-hybridized carbons (Fsp3) is 1.00. The minimum Gasteiger partial charge on any atom is -0.380 e. The van der Waals surface area contributed by atoms with Crippen LogP contribution in [-0.2, 0) is 4.74 Å². The normalized spacial score (nSPS) is 13.8. The first kappa shape index (κ1) is 14.9. The summed E-state index contributed by atoms with van der Waals surface area (Å²) in [6.07, 6.45) is 2.47. The van der Waals surface area contributed by atoms with Crippen LogP contribution in [0.2, 0.25) is 0 Å². The molecule has 0 heterocycles. The van der Waals surface area contributed by atoms with Crippen molar-refractivity contribution in [2.45, 2.75) is 53.5 Å². The lowest BCUT2D eigenvalue weighted by Crippen LogP contribution is -2.33. The lowest BCUT2D eigenvalue weighted by molar-refractivity contribution is 0.126. The van der Waals surface area contributed by atoms with Crippen molar-refractivity contribution in [3.63, 3.8) is 0 Å². The smallest absolute Gasteiger partial charge is 0.0590 e. The van der Waals surface area contributed by atoms with Gasteiger partial charge in [-0.3, -0.25) is 0 Å². The molecular formula is C13H29NO. The molecule has 0 aromatic carbocycles. The molecule has 1 N–H and O–H groups in total. The minimum atomic E-state index is 0.587. The maximum Gasteiger partial charge on any atom is 0.0590 e. The van der Waals surface area contributed by atoms with Gasteiger partial charge in [-0.05, 0) is 31.6 Å². The van der Waals surface area contributed by atoms with E-state index in [0.717, 1.165) is 25.7 Å². The van der Waals surface area contributed by atoms with Gasteiger partial charge < -0.3 is 10.1 Å². The van der Waals surface area contributed by atoms with E-state index in [1.165, 1.54) is 12.8 Å². The third-order valence-electron chi connectivity index (χ3n) is 2.78. The molecule has 1 unspecified atom stereocenters. The van der Waals surface area contributed by atoms with Crippen LogP contribution in [-0.4, -0.2) is 25.8 Å². The Hall–Kier alpha value is -0.0800. The van der Waals surface area contributed by atoms with Crippen LogP contribution in [0.3, 0.4) is 0 Å². The van der Waals surface area contributed by atoms with E-state index < -0.39 is 0 Å². The minimum absolute atomic E-state index is 0.587. The summed E-state index contributed by atoms with van der Waals surface area (Å²) in [5.74, 6) is 1.50. The summed E-state index contributed by atoms with van der Waals surface area (Å²) >= 11 is 0. The van der Waals surface area contributed by atoms with Gasteiger partial charge >= 0.3 is 0 Å². The molecule has 0 saturated heterocycles. The third-order valence-corrected chi connectivity index (χ3v) is 2.78. The van der Waals surface area contributed by atoms with Gasteiger partial charge in [0.1, 0.15) is 0 Å². The van der Waals surface area contributed by atoms with Gasteiger partial charge in [0.15, 0.2) is 0 Å². The van der Waals surface area contributed by atoms with E-state index in [1.54, 1.807) is 0 Å². The Morgan fingerprint density at radius 2 is 1.67 bits per heavy atom. The van der Waals surface area contributed by atoms with Crippen molar-refractivity contribution in [1.29, 1.82) is 0 Å². The molecule has 0 spiro atoms. The standard InChI is InChI=1S/C13H29NO/c1-11(2)7-6-9-15-10-8-14-13(5)12(3)4/h11-14H,6-10H2,1-5H3. The van der Waals surface area contributed by atoms with E-state index in [1.807, 2.05) is 0 Å². The molecule has 0 saturated carbocycles. The lowest BCUT2D eigenvalue weighted by atomic mass is 10.1. The molecule has 15 heavy (non-hydrogen) atoms. The Morgan fingerprint density at radius 1 is 1.00 bits per heavy atom. The van der Waals surface area contributed by atoms with Crippen molar-refractivity contribution in [3.05, 3.63) is 0 Å². The van der Waals surface area contributed by atoms with E-state index in [2.05, 4.69) is 39.9 Å². The first-order chi connectivity index (χ1) is 7.04. The van der Waals surface area contributed by atoms with Gasteiger partial charge in [0.2, 0.25) is 0 Å². The van der Waals surface area contributed by atoms with E-state index in [-0.39, 0.29) is 0 Å². The summed E-state index contributed by atoms with van der Waals surface area (Å²) in [5.41, 5.74) is 0. The molecule has 0 radical (unpaired) electrons. The zero-order valence-electron chi connectivity index (χ0n) is 11.2. The molecule has 92 valence electrons. The molecule has 0 rings (SSSR count). The largest absolute Gasteiger partial charge is 0.380 e. The van der Waals surface area contributed by atoms with Crippen LogP contribution in [0.25, 0.3) is 0 Å². The number of hydrogen-bond acceptors (Lipinski definition) is 2. The van der Waals surface area contributed by atoms with Crippen molar-refractivity contribution in [3.8, 4) is 0 Å². The summed E-state index contributed by atoms with van der Waals surface area (Å²) < 4.78 is 5.55. The Morgan fingerprint density at radius 3 is 2.20 bits per heavy atom. The molecule has 2 nitrogen and oxygen atoms in total. The van der Waals surface area contributed by atoms with Crippen LogP contribution in [0.4, 0.5) is 0 Å². The van der Waals surface area contributed by atoms with Gasteiger partial charge in [-0.1, -0.05) is 27.7 Å². The van der Waals surface area contributed by atoms with Crippen LogP contribution in [0.5, 0.6) is 0 Å². The van der Waals surface area contributed by atoms with Gasteiger partial charge in [-0.25, -0.2) is 0 Å². The van der Waals surface area contributed by atoms with E-state index in [0.29, 0.717) is 12.0 Å². The molecule has 0 fully saturated rings. The van der Waals surface area contributed by atoms with Crippen molar-refractivity contribution in [2.24, 2.45) is 11.8 Å². The first-order valence-corrected chi connectivity index (χ1v) is 6.35. The summed E-state index contributed by atoms with van der Waals surface area (Å²) in [7, 11) is 0. The maximum absolute atomic E-state index is 5.55. The SMILES string of the molecule is CC(C)CCCOCCNC(C)C(C)C. The first-order valence-electron chi connectivity index (χ1n) is 6.35. The van der Waals surface area contributed by atoms with Crippen LogP contribution < -0.4 is 5.32 Å². The Kier molecular flexibility index (Phi) is 9.12. The predicted octanol–water partition coefficient (Wildman–Crippen LogP) is 3.07. The quantitative estimate of drug-likeness (QED) is 0.597. The molecule has 2 heteroatoms. The monoisotopic (exact) mass is 215 g/mol. The van der Waals surface area contributed by atoms with E-state index >= 15 is 0 Å². The second-order valence-corrected chi connectivity index (χ2v) is 5.14. The molecule has 0 aliphatic heterocycles. The third kappa shape index (κ3) is 10.2. The zero-order chi connectivity index (χ0) is 11.7. The van der Waals surface area contributed by atoms with Crippen LogP contribution in [0.15, 0.2) is 0 Å². The second-order valence-electron chi connectivity index (χ2n) is 5.14. The molecule has 1 atom stereocenters. The average Bonchev–Trinajstić information content (AvgIpc) is 2.15. The highest BCUT2D eigenvalue weighted by Crippen LogP contribution is 2.03. The fourth-order valence-electron chi connectivity index (χ4n) is 1.29. The molecule has 0 amide bonds. The fourth-order valence-corrected chi connectivity index (χ4v) is 1.29. The van der Waals surface area contributed by atoms with Crippen LogP contribution >= 0.6 is 0 Å². The topological polar surface area (TPSA) is 21.3 Å². The van der Waals surface area contributed by atoms with Crippen molar-refractivity contribution in [2.75, 3.05) is 19.8 Å². The summed E-state index contributed by atoms with van der Waals surface area (Å²) in [6, 6.07) is 0.587. The number of rotatable bonds is 9. The van der Waals surface area contributed by atoms with Gasteiger partial charge in [0, 0.05) is 19.2 Å². The average molecular weight is 215 g/mol. The molecule has 0 aromatic rings. The highest BCUT2D eigenvalue weighted by atomic mass is 16.5. The molecule has 0 aliphatic rings. The molecular weight excluding hydrogens is 186 g/mol. The highest BCUT2D eigenvalue weighted by molar-refractivity contribution is 4.63. The van der Waals surface area contributed by atoms with Gasteiger partial charge in [0.05, 0.1) is 6.61 Å². The van der Waals surface area contributed by atoms with Gasteiger partial charge in [0.25, 0.3) is 0 Å². The van der Waals surface area contributed by atoms with Crippen molar-refractivity contribution < 1.29 is 4.74 Å². The van der Waals surface area contributed by atoms with Crippen molar-refractivity contribution >= 4 is 0 Å².